The number of carbonyl (C=O) groups is 1. The smallest absolute Gasteiger partial charge is 0.251 e. The van der Waals surface area contributed by atoms with Gasteiger partial charge in [-0.05, 0) is 31.2 Å². The summed E-state index contributed by atoms with van der Waals surface area (Å²) in [5.74, 6) is 0.900. The summed E-state index contributed by atoms with van der Waals surface area (Å²) in [7, 11) is 1.57. The van der Waals surface area contributed by atoms with E-state index in [-0.39, 0.29) is 11.9 Å². The molecule has 0 fully saturated rings. The number of halogens is 1. The number of hydrogen-bond donors (Lipinski definition) is 1. The van der Waals surface area contributed by atoms with Gasteiger partial charge in [0.15, 0.2) is 0 Å². The van der Waals surface area contributed by atoms with Crippen LogP contribution in [-0.4, -0.2) is 38.2 Å². The van der Waals surface area contributed by atoms with E-state index in [1.807, 2.05) is 6.92 Å². The van der Waals surface area contributed by atoms with E-state index in [1.54, 1.807) is 31.4 Å². The van der Waals surface area contributed by atoms with Gasteiger partial charge in [-0.25, -0.2) is 0 Å². The Balaban J connectivity index is 2.60. The first-order valence-corrected chi connectivity index (χ1v) is 6.33. The van der Waals surface area contributed by atoms with Crippen LogP contribution < -0.4 is 10.1 Å². The summed E-state index contributed by atoms with van der Waals surface area (Å²) in [6.45, 7) is 2.91. The first-order chi connectivity index (χ1) is 8.71. The molecule has 0 aliphatic heterocycles. The summed E-state index contributed by atoms with van der Waals surface area (Å²) in [5.41, 5.74) is 0.574. The molecule has 1 aromatic carbocycles. The van der Waals surface area contributed by atoms with Crippen molar-refractivity contribution in [3.05, 3.63) is 29.8 Å². The predicted octanol–water partition coefficient (Wildman–Crippen LogP) is 2.07. The molecule has 0 heterocycles. The first-order valence-electron chi connectivity index (χ1n) is 5.79. The van der Waals surface area contributed by atoms with Crippen LogP contribution in [0.2, 0.25) is 0 Å². The van der Waals surface area contributed by atoms with Gasteiger partial charge in [0, 0.05) is 18.6 Å². The summed E-state index contributed by atoms with van der Waals surface area (Å²) in [6.07, 6.45) is 0. The van der Waals surface area contributed by atoms with Gasteiger partial charge in [-0.1, -0.05) is 0 Å². The van der Waals surface area contributed by atoms with E-state index < -0.39 is 0 Å². The molecule has 0 radical (unpaired) electrons. The van der Waals surface area contributed by atoms with Crippen molar-refractivity contribution >= 4 is 17.5 Å². The molecular weight excluding hydrogens is 254 g/mol. The largest absolute Gasteiger partial charge is 0.494 e. The number of methoxy groups -OCH3 is 1. The molecular formula is C13H18ClNO3. The highest BCUT2D eigenvalue weighted by molar-refractivity contribution is 6.18. The van der Waals surface area contributed by atoms with Crippen LogP contribution in [0, 0.1) is 0 Å². The minimum Gasteiger partial charge on any atom is -0.494 e. The van der Waals surface area contributed by atoms with Crippen LogP contribution in [0.5, 0.6) is 5.75 Å². The zero-order valence-corrected chi connectivity index (χ0v) is 11.4. The molecule has 0 saturated carbocycles. The Kier molecular flexibility index (Phi) is 6.54. The van der Waals surface area contributed by atoms with E-state index in [0.29, 0.717) is 24.7 Å². The third-order valence-corrected chi connectivity index (χ3v) is 2.69. The molecule has 0 aliphatic carbocycles. The second kappa shape index (κ2) is 7.95. The lowest BCUT2D eigenvalue weighted by molar-refractivity contribution is 0.0907. The number of hydrogen-bond acceptors (Lipinski definition) is 3. The van der Waals surface area contributed by atoms with Gasteiger partial charge in [0.1, 0.15) is 5.75 Å². The molecule has 1 rings (SSSR count). The van der Waals surface area contributed by atoms with E-state index in [9.17, 15) is 4.79 Å². The van der Waals surface area contributed by atoms with Crippen molar-refractivity contribution in [3.63, 3.8) is 0 Å². The maximum atomic E-state index is 11.9. The summed E-state index contributed by atoms with van der Waals surface area (Å²) in [6, 6.07) is 6.79. The molecule has 100 valence electrons. The Hall–Kier alpha value is -1.26. The number of ether oxygens (including phenoxy) is 2. The molecule has 0 aromatic heterocycles. The summed E-state index contributed by atoms with van der Waals surface area (Å²) < 4.78 is 10.3. The van der Waals surface area contributed by atoms with Crippen molar-refractivity contribution in [2.45, 2.75) is 13.0 Å². The molecule has 0 aliphatic rings. The van der Waals surface area contributed by atoms with Gasteiger partial charge in [-0.2, -0.15) is 0 Å². The molecule has 1 unspecified atom stereocenters. The lowest BCUT2D eigenvalue weighted by Crippen LogP contribution is -2.39. The second-order valence-corrected chi connectivity index (χ2v) is 4.05. The van der Waals surface area contributed by atoms with Crippen molar-refractivity contribution in [1.29, 1.82) is 0 Å². The highest BCUT2D eigenvalue weighted by Crippen LogP contribution is 2.12. The molecule has 0 bridgehead atoms. The quantitative estimate of drug-likeness (QED) is 0.773. The molecule has 1 atom stereocenters. The zero-order valence-electron chi connectivity index (χ0n) is 10.6. The fourth-order valence-electron chi connectivity index (χ4n) is 1.46. The summed E-state index contributed by atoms with van der Waals surface area (Å²) >= 11 is 5.73. The van der Waals surface area contributed by atoms with Crippen LogP contribution in [0.3, 0.4) is 0 Å². The van der Waals surface area contributed by atoms with Crippen molar-refractivity contribution in [2.75, 3.05) is 26.2 Å². The Morgan fingerprint density at radius 3 is 2.56 bits per heavy atom. The van der Waals surface area contributed by atoms with Gasteiger partial charge in [-0.3, -0.25) is 4.79 Å². The fourth-order valence-corrected chi connectivity index (χ4v) is 1.63. The number of amides is 1. The Morgan fingerprint density at radius 2 is 2.06 bits per heavy atom. The molecule has 1 amide bonds. The van der Waals surface area contributed by atoms with Crippen molar-refractivity contribution in [3.8, 4) is 5.75 Å². The minimum atomic E-state index is -0.185. The maximum absolute atomic E-state index is 11.9. The molecule has 4 nitrogen and oxygen atoms in total. The summed E-state index contributed by atoms with van der Waals surface area (Å²) in [4.78, 5) is 11.9. The van der Waals surface area contributed by atoms with E-state index in [1.165, 1.54) is 0 Å². The zero-order chi connectivity index (χ0) is 13.4. The van der Waals surface area contributed by atoms with Gasteiger partial charge in [0.2, 0.25) is 0 Å². The van der Waals surface area contributed by atoms with Crippen molar-refractivity contribution < 1.29 is 14.3 Å². The molecule has 0 saturated heterocycles. The highest BCUT2D eigenvalue weighted by atomic mass is 35.5. The molecule has 1 aromatic rings. The minimum absolute atomic E-state index is 0.166. The van der Waals surface area contributed by atoms with Gasteiger partial charge in [-0.15, -0.1) is 11.6 Å². The molecule has 1 N–H and O–H groups in total. The van der Waals surface area contributed by atoms with Crippen molar-refractivity contribution in [2.24, 2.45) is 0 Å². The second-order valence-electron chi connectivity index (χ2n) is 3.74. The van der Waals surface area contributed by atoms with E-state index in [0.717, 1.165) is 5.75 Å². The highest BCUT2D eigenvalue weighted by Gasteiger charge is 2.12. The predicted molar refractivity (Wildman–Crippen MR) is 71.5 cm³/mol. The van der Waals surface area contributed by atoms with E-state index >= 15 is 0 Å². The Morgan fingerprint density at radius 1 is 1.39 bits per heavy atom. The number of nitrogens with one attached hydrogen (secondary N) is 1. The SMILES string of the molecule is CCOc1ccc(C(=O)NC(CCl)COC)cc1. The van der Waals surface area contributed by atoms with Gasteiger partial charge >= 0.3 is 0 Å². The topological polar surface area (TPSA) is 47.6 Å². The average molecular weight is 272 g/mol. The number of alkyl halides is 1. The molecule has 5 heteroatoms. The Bertz CT molecular complexity index is 367. The van der Waals surface area contributed by atoms with Gasteiger partial charge in [0.25, 0.3) is 5.91 Å². The number of carbonyl (C=O) groups excluding carboxylic acids is 1. The third-order valence-electron chi connectivity index (χ3n) is 2.32. The van der Waals surface area contributed by atoms with Gasteiger partial charge in [0.05, 0.1) is 19.3 Å². The van der Waals surface area contributed by atoms with Crippen molar-refractivity contribution in [1.82, 2.24) is 5.32 Å². The van der Waals surface area contributed by atoms with Crippen LogP contribution in [0.25, 0.3) is 0 Å². The Labute approximate surface area is 112 Å². The van der Waals surface area contributed by atoms with Crippen LogP contribution >= 0.6 is 11.6 Å². The third kappa shape index (κ3) is 4.55. The lowest BCUT2D eigenvalue weighted by atomic mass is 10.2. The normalized spacial score (nSPS) is 11.9. The average Bonchev–Trinajstić information content (AvgIpc) is 2.39. The van der Waals surface area contributed by atoms with E-state index in [4.69, 9.17) is 21.1 Å². The van der Waals surface area contributed by atoms with Gasteiger partial charge < -0.3 is 14.8 Å². The lowest BCUT2D eigenvalue weighted by Gasteiger charge is -2.15. The van der Waals surface area contributed by atoms with Crippen LogP contribution in [0.15, 0.2) is 24.3 Å². The monoisotopic (exact) mass is 271 g/mol. The fraction of sp³-hybridized carbons (Fsp3) is 0.462. The molecule has 0 spiro atoms. The van der Waals surface area contributed by atoms with Crippen LogP contribution in [0.1, 0.15) is 17.3 Å². The first kappa shape index (κ1) is 14.8. The standard InChI is InChI=1S/C13H18ClNO3/c1-3-18-12-6-4-10(5-7-12)13(16)15-11(8-14)9-17-2/h4-7,11H,3,8-9H2,1-2H3,(H,15,16). The van der Waals surface area contributed by atoms with E-state index in [2.05, 4.69) is 5.32 Å². The number of rotatable bonds is 7. The summed E-state index contributed by atoms with van der Waals surface area (Å²) in [5, 5.41) is 2.80. The van der Waals surface area contributed by atoms with Crippen LogP contribution in [-0.2, 0) is 4.74 Å². The maximum Gasteiger partial charge on any atom is 0.251 e. The molecule has 18 heavy (non-hydrogen) atoms. The van der Waals surface area contributed by atoms with Crippen LogP contribution in [0.4, 0.5) is 0 Å². The number of benzene rings is 1.